The third-order valence-corrected chi connectivity index (χ3v) is 4.88. The second kappa shape index (κ2) is 6.68. The maximum Gasteiger partial charge on any atom is 0.252 e. The van der Waals surface area contributed by atoms with E-state index in [1.54, 1.807) is 10.7 Å². The lowest BCUT2D eigenvalue weighted by Crippen LogP contribution is -2.39. The van der Waals surface area contributed by atoms with Crippen LogP contribution in [0.4, 0.5) is 0 Å². The molecule has 0 aromatic carbocycles. The Labute approximate surface area is 141 Å². The van der Waals surface area contributed by atoms with Crippen LogP contribution < -0.4 is 0 Å². The molecule has 3 aromatic heterocycles. The molecule has 126 valence electrons. The number of hydrogen-bond donors (Lipinski definition) is 0. The number of likely N-dealkylation sites (tertiary alicyclic amines) is 1. The van der Waals surface area contributed by atoms with E-state index in [4.69, 9.17) is 0 Å². The molecule has 1 unspecified atom stereocenters. The second-order valence-corrected chi connectivity index (χ2v) is 6.47. The van der Waals surface area contributed by atoms with Crippen LogP contribution in [0.2, 0.25) is 0 Å². The molecule has 4 rings (SSSR count). The molecule has 3 aromatic rings. The van der Waals surface area contributed by atoms with Gasteiger partial charge in [-0.05, 0) is 38.8 Å². The van der Waals surface area contributed by atoms with Crippen LogP contribution in [0.5, 0.6) is 0 Å². The first-order chi connectivity index (χ1) is 11.8. The van der Waals surface area contributed by atoms with Gasteiger partial charge in [-0.2, -0.15) is 4.98 Å². The van der Waals surface area contributed by atoms with Gasteiger partial charge in [0.25, 0.3) is 5.78 Å². The molecule has 0 radical (unpaired) electrons. The average molecular weight is 325 g/mol. The van der Waals surface area contributed by atoms with Crippen molar-refractivity contribution in [3.8, 4) is 0 Å². The van der Waals surface area contributed by atoms with Gasteiger partial charge in [0.05, 0.1) is 6.54 Å². The van der Waals surface area contributed by atoms with Gasteiger partial charge in [-0.25, -0.2) is 14.5 Å². The summed E-state index contributed by atoms with van der Waals surface area (Å²) in [5, 5.41) is 4.55. The van der Waals surface area contributed by atoms with Gasteiger partial charge in [0.15, 0.2) is 5.82 Å². The summed E-state index contributed by atoms with van der Waals surface area (Å²) < 4.78 is 3.99. The molecule has 1 aliphatic rings. The molecule has 0 aliphatic carbocycles. The first kappa shape index (κ1) is 15.3. The Morgan fingerprint density at radius 3 is 2.96 bits per heavy atom. The number of fused-ring (bicyclic) bond motifs is 1. The van der Waals surface area contributed by atoms with Crippen molar-refractivity contribution in [3.05, 3.63) is 42.5 Å². The Hall–Kier alpha value is -2.28. The minimum absolute atomic E-state index is 0.583. The predicted octanol–water partition coefficient (Wildman–Crippen LogP) is 2.07. The zero-order valence-electron chi connectivity index (χ0n) is 14.0. The van der Waals surface area contributed by atoms with Crippen LogP contribution >= 0.6 is 0 Å². The highest BCUT2D eigenvalue weighted by Crippen LogP contribution is 2.22. The van der Waals surface area contributed by atoms with Gasteiger partial charge >= 0.3 is 0 Å². The molecule has 4 heterocycles. The monoisotopic (exact) mass is 325 g/mol. The van der Waals surface area contributed by atoms with Crippen LogP contribution in [0.1, 0.15) is 37.3 Å². The van der Waals surface area contributed by atoms with E-state index in [1.165, 1.54) is 19.3 Å². The van der Waals surface area contributed by atoms with Crippen LogP contribution in [0.25, 0.3) is 5.78 Å². The Morgan fingerprint density at radius 1 is 1.17 bits per heavy atom. The van der Waals surface area contributed by atoms with Crippen molar-refractivity contribution in [1.82, 2.24) is 34.0 Å². The Kier molecular flexibility index (Phi) is 4.25. The van der Waals surface area contributed by atoms with Crippen molar-refractivity contribution in [2.24, 2.45) is 0 Å². The smallest absolute Gasteiger partial charge is 0.252 e. The summed E-state index contributed by atoms with van der Waals surface area (Å²) in [5.74, 6) is 2.62. The third-order valence-electron chi connectivity index (χ3n) is 4.88. The van der Waals surface area contributed by atoms with E-state index in [-0.39, 0.29) is 0 Å². The van der Waals surface area contributed by atoms with E-state index in [2.05, 4.69) is 42.6 Å². The maximum atomic E-state index is 4.55. The molecule has 7 heteroatoms. The first-order valence-electron chi connectivity index (χ1n) is 8.67. The Balaban J connectivity index is 1.44. The molecule has 1 saturated heterocycles. The summed E-state index contributed by atoms with van der Waals surface area (Å²) >= 11 is 0. The lowest BCUT2D eigenvalue weighted by Gasteiger charge is -2.35. The fourth-order valence-electron chi connectivity index (χ4n) is 3.55. The maximum absolute atomic E-state index is 4.55. The van der Waals surface area contributed by atoms with E-state index in [0.29, 0.717) is 11.8 Å². The summed E-state index contributed by atoms with van der Waals surface area (Å²) in [6.45, 7) is 5.01. The predicted molar refractivity (Wildman–Crippen MR) is 90.4 cm³/mol. The normalized spacial score (nSPS) is 19.1. The summed E-state index contributed by atoms with van der Waals surface area (Å²) in [6.07, 6.45) is 12.6. The third kappa shape index (κ3) is 3.17. The summed E-state index contributed by atoms with van der Waals surface area (Å²) in [6, 6.07) is 2.46. The minimum atomic E-state index is 0.583. The highest BCUT2D eigenvalue weighted by atomic mass is 15.3. The Morgan fingerprint density at radius 2 is 2.12 bits per heavy atom. The molecule has 1 fully saturated rings. The van der Waals surface area contributed by atoms with Gasteiger partial charge in [0.1, 0.15) is 5.82 Å². The van der Waals surface area contributed by atoms with E-state index >= 15 is 0 Å². The number of rotatable bonds is 5. The molecule has 0 bridgehead atoms. The van der Waals surface area contributed by atoms with E-state index in [0.717, 1.165) is 37.7 Å². The van der Waals surface area contributed by atoms with Crippen LogP contribution in [-0.2, 0) is 13.1 Å². The van der Waals surface area contributed by atoms with Gasteiger partial charge in [0.2, 0.25) is 0 Å². The number of imidazole rings is 1. The topological polar surface area (TPSA) is 64.1 Å². The zero-order chi connectivity index (χ0) is 16.4. The van der Waals surface area contributed by atoms with Gasteiger partial charge in [0, 0.05) is 37.4 Å². The van der Waals surface area contributed by atoms with Crippen molar-refractivity contribution in [2.45, 2.75) is 51.7 Å². The Bertz CT molecular complexity index is 773. The fraction of sp³-hybridized carbons (Fsp3) is 0.529. The average Bonchev–Trinajstić information content (AvgIpc) is 3.19. The molecule has 1 aliphatic heterocycles. The first-order valence-corrected chi connectivity index (χ1v) is 8.67. The van der Waals surface area contributed by atoms with Crippen molar-refractivity contribution in [3.63, 3.8) is 0 Å². The summed E-state index contributed by atoms with van der Waals surface area (Å²) in [5.41, 5.74) is 0. The van der Waals surface area contributed by atoms with E-state index in [1.807, 2.05) is 18.5 Å². The molecule has 0 saturated carbocycles. The molecule has 0 N–H and O–H groups in total. The number of nitrogens with zero attached hydrogens (tertiary/aromatic N) is 7. The molecule has 1 atom stereocenters. The van der Waals surface area contributed by atoms with Crippen LogP contribution in [0.15, 0.2) is 30.9 Å². The van der Waals surface area contributed by atoms with Gasteiger partial charge in [-0.15, -0.1) is 5.10 Å². The molecule has 0 amide bonds. The summed E-state index contributed by atoms with van der Waals surface area (Å²) in [4.78, 5) is 15.6. The summed E-state index contributed by atoms with van der Waals surface area (Å²) in [7, 11) is 0. The largest absolute Gasteiger partial charge is 0.335 e. The highest BCUT2D eigenvalue weighted by molar-refractivity contribution is 5.24. The van der Waals surface area contributed by atoms with Gasteiger partial charge in [-0.3, -0.25) is 4.90 Å². The molecular formula is C17H23N7. The second-order valence-electron chi connectivity index (χ2n) is 6.47. The standard InChI is InChI=1S/C17H23N7/c1-14-18-8-12-22(14)11-6-15-5-2-3-9-23(15)13-16-20-17-19-7-4-10-24(17)21-16/h4,7-8,10,12,15H,2-3,5-6,9,11,13H2,1H3. The molecule has 7 nitrogen and oxygen atoms in total. The van der Waals surface area contributed by atoms with Gasteiger partial charge in [-0.1, -0.05) is 6.42 Å². The number of aromatic nitrogens is 6. The minimum Gasteiger partial charge on any atom is -0.335 e. The zero-order valence-corrected chi connectivity index (χ0v) is 14.0. The number of aryl methyl sites for hydroxylation is 2. The highest BCUT2D eigenvalue weighted by Gasteiger charge is 2.23. The van der Waals surface area contributed by atoms with Crippen LogP contribution in [0, 0.1) is 6.92 Å². The van der Waals surface area contributed by atoms with E-state index in [9.17, 15) is 0 Å². The van der Waals surface area contributed by atoms with Crippen molar-refractivity contribution < 1.29 is 0 Å². The van der Waals surface area contributed by atoms with Gasteiger partial charge < -0.3 is 4.57 Å². The van der Waals surface area contributed by atoms with E-state index < -0.39 is 0 Å². The lowest BCUT2D eigenvalue weighted by molar-refractivity contribution is 0.125. The number of piperidine rings is 1. The fourth-order valence-corrected chi connectivity index (χ4v) is 3.55. The SMILES string of the molecule is Cc1nccn1CCC1CCCCN1Cc1nc2ncccn2n1. The van der Waals surface area contributed by atoms with Crippen molar-refractivity contribution in [1.29, 1.82) is 0 Å². The molecule has 0 spiro atoms. The molecule has 24 heavy (non-hydrogen) atoms. The van der Waals surface area contributed by atoms with Crippen molar-refractivity contribution >= 4 is 5.78 Å². The van der Waals surface area contributed by atoms with Crippen LogP contribution in [-0.4, -0.2) is 46.6 Å². The lowest BCUT2D eigenvalue weighted by atomic mass is 9.99. The van der Waals surface area contributed by atoms with Crippen LogP contribution in [0.3, 0.4) is 0 Å². The molecular weight excluding hydrogens is 302 g/mol. The number of hydrogen-bond acceptors (Lipinski definition) is 5. The van der Waals surface area contributed by atoms with Crippen molar-refractivity contribution in [2.75, 3.05) is 6.54 Å². The quantitative estimate of drug-likeness (QED) is 0.718.